The van der Waals surface area contributed by atoms with Gasteiger partial charge < -0.3 is 10.6 Å². The molecule has 1 aliphatic rings. The lowest BCUT2D eigenvalue weighted by Gasteiger charge is -2.16. The van der Waals surface area contributed by atoms with Gasteiger partial charge in [-0.25, -0.2) is 0 Å². The number of carbonyl (C=O) groups excluding carboxylic acids is 2. The Hall–Kier alpha value is -1.59. The van der Waals surface area contributed by atoms with Crippen molar-refractivity contribution in [2.24, 2.45) is 0 Å². The molecule has 0 saturated heterocycles. The molecule has 0 unspecified atom stereocenters. The third-order valence-corrected chi connectivity index (χ3v) is 3.72. The van der Waals surface area contributed by atoms with E-state index in [4.69, 9.17) is 11.6 Å². The van der Waals surface area contributed by atoms with Crippen LogP contribution in [0.1, 0.15) is 18.4 Å². The summed E-state index contributed by atoms with van der Waals surface area (Å²) < 4.78 is 0. The third kappa shape index (κ3) is 5.02. The minimum atomic E-state index is -0.165. The fourth-order valence-electron chi connectivity index (χ4n) is 1.98. The highest BCUT2D eigenvalue weighted by molar-refractivity contribution is 6.31. The summed E-state index contributed by atoms with van der Waals surface area (Å²) in [7, 11) is 1.75. The first-order chi connectivity index (χ1) is 9.95. The van der Waals surface area contributed by atoms with Crippen molar-refractivity contribution in [2.75, 3.05) is 25.5 Å². The van der Waals surface area contributed by atoms with Gasteiger partial charge in [-0.05, 0) is 44.5 Å². The smallest absolute Gasteiger partial charge is 0.238 e. The van der Waals surface area contributed by atoms with Crippen LogP contribution in [-0.4, -0.2) is 42.9 Å². The summed E-state index contributed by atoms with van der Waals surface area (Å²) in [5.74, 6) is -0.200. The second-order valence-electron chi connectivity index (χ2n) is 5.47. The van der Waals surface area contributed by atoms with Gasteiger partial charge in [-0.2, -0.15) is 0 Å². The number of rotatable bonds is 6. The summed E-state index contributed by atoms with van der Waals surface area (Å²) in [6.45, 7) is 2.23. The monoisotopic (exact) mass is 309 g/mol. The van der Waals surface area contributed by atoms with E-state index in [9.17, 15) is 9.59 Å². The van der Waals surface area contributed by atoms with E-state index in [0.29, 0.717) is 16.8 Å². The summed E-state index contributed by atoms with van der Waals surface area (Å²) in [4.78, 5) is 25.3. The number of nitrogens with zero attached hydrogens (tertiary/aromatic N) is 1. The van der Waals surface area contributed by atoms with Crippen molar-refractivity contribution in [3.63, 3.8) is 0 Å². The summed E-state index contributed by atoms with van der Waals surface area (Å²) in [6, 6.07) is 5.71. The molecule has 1 aromatic rings. The Labute approximate surface area is 129 Å². The highest BCUT2D eigenvalue weighted by Crippen LogP contribution is 2.22. The van der Waals surface area contributed by atoms with Crippen molar-refractivity contribution >= 4 is 29.1 Å². The summed E-state index contributed by atoms with van der Waals surface area (Å²) in [5, 5.41) is 6.32. The van der Waals surface area contributed by atoms with Gasteiger partial charge in [0.2, 0.25) is 11.8 Å². The maximum Gasteiger partial charge on any atom is 0.238 e. The van der Waals surface area contributed by atoms with E-state index in [2.05, 4.69) is 10.6 Å². The molecule has 0 heterocycles. The van der Waals surface area contributed by atoms with Crippen molar-refractivity contribution in [1.82, 2.24) is 10.2 Å². The lowest BCUT2D eigenvalue weighted by Crippen LogP contribution is -2.39. The van der Waals surface area contributed by atoms with E-state index < -0.39 is 0 Å². The minimum Gasteiger partial charge on any atom is -0.352 e. The fourth-order valence-corrected chi connectivity index (χ4v) is 2.15. The van der Waals surface area contributed by atoms with Crippen LogP contribution in [0.3, 0.4) is 0 Å². The summed E-state index contributed by atoms with van der Waals surface area (Å²) in [6.07, 6.45) is 2.12. The Morgan fingerprint density at radius 2 is 1.95 bits per heavy atom. The first-order valence-corrected chi connectivity index (χ1v) is 7.36. The Bertz CT molecular complexity index is 544. The van der Waals surface area contributed by atoms with Gasteiger partial charge in [-0.15, -0.1) is 0 Å². The normalized spacial score (nSPS) is 14.1. The van der Waals surface area contributed by atoms with Crippen molar-refractivity contribution in [3.8, 4) is 0 Å². The van der Waals surface area contributed by atoms with Gasteiger partial charge in [0, 0.05) is 16.8 Å². The molecule has 21 heavy (non-hydrogen) atoms. The number of nitrogens with one attached hydrogen (secondary N) is 2. The number of hydrogen-bond donors (Lipinski definition) is 2. The van der Waals surface area contributed by atoms with Crippen LogP contribution >= 0.6 is 11.6 Å². The molecule has 114 valence electrons. The molecule has 2 amide bonds. The molecule has 0 aliphatic heterocycles. The summed E-state index contributed by atoms with van der Waals surface area (Å²) >= 11 is 6.01. The molecule has 1 aliphatic carbocycles. The van der Waals surface area contributed by atoms with Crippen molar-refractivity contribution in [2.45, 2.75) is 25.8 Å². The molecular weight excluding hydrogens is 290 g/mol. The quantitative estimate of drug-likeness (QED) is 0.842. The van der Waals surface area contributed by atoms with E-state index >= 15 is 0 Å². The van der Waals surface area contributed by atoms with Crippen LogP contribution in [0.4, 0.5) is 5.69 Å². The van der Waals surface area contributed by atoms with E-state index in [1.54, 1.807) is 30.1 Å². The molecule has 1 saturated carbocycles. The Morgan fingerprint density at radius 1 is 1.29 bits per heavy atom. The van der Waals surface area contributed by atoms with E-state index in [1.165, 1.54) is 0 Å². The van der Waals surface area contributed by atoms with Crippen LogP contribution in [0.15, 0.2) is 18.2 Å². The molecule has 1 fully saturated rings. The standard InChI is InChI=1S/C15H20ClN3O2/c1-10-12(16)4-3-5-13(10)18-15(21)9-19(2)8-14(20)17-11-6-7-11/h3-5,11H,6-9H2,1-2H3,(H,17,20)(H,18,21). The summed E-state index contributed by atoms with van der Waals surface area (Å²) in [5.41, 5.74) is 1.53. The molecule has 0 aromatic heterocycles. The maximum atomic E-state index is 12.0. The largest absolute Gasteiger partial charge is 0.352 e. The van der Waals surface area contributed by atoms with Gasteiger partial charge in [-0.1, -0.05) is 17.7 Å². The molecule has 0 atom stereocenters. The number of anilines is 1. The lowest BCUT2D eigenvalue weighted by atomic mass is 10.2. The van der Waals surface area contributed by atoms with Crippen molar-refractivity contribution in [1.29, 1.82) is 0 Å². The van der Waals surface area contributed by atoms with Crippen LogP contribution in [0.25, 0.3) is 0 Å². The molecule has 1 aromatic carbocycles. The van der Waals surface area contributed by atoms with Crippen molar-refractivity contribution in [3.05, 3.63) is 28.8 Å². The molecule has 5 nitrogen and oxygen atoms in total. The van der Waals surface area contributed by atoms with Gasteiger partial charge >= 0.3 is 0 Å². The predicted octanol–water partition coefficient (Wildman–Crippen LogP) is 1.80. The number of halogens is 1. The molecule has 2 N–H and O–H groups in total. The van der Waals surface area contributed by atoms with Gasteiger partial charge in [0.05, 0.1) is 13.1 Å². The Balaban J connectivity index is 1.80. The zero-order valence-electron chi connectivity index (χ0n) is 12.3. The second kappa shape index (κ2) is 6.91. The van der Waals surface area contributed by atoms with E-state index in [0.717, 1.165) is 18.4 Å². The third-order valence-electron chi connectivity index (χ3n) is 3.31. The number of likely N-dealkylation sites (N-methyl/N-ethyl adjacent to an activating group) is 1. The number of benzene rings is 1. The average Bonchev–Trinajstić information content (AvgIpc) is 3.18. The number of hydrogen-bond acceptors (Lipinski definition) is 3. The second-order valence-corrected chi connectivity index (χ2v) is 5.88. The SMILES string of the molecule is Cc1c(Cl)cccc1NC(=O)CN(C)CC(=O)NC1CC1. The molecule has 0 bridgehead atoms. The first-order valence-electron chi connectivity index (χ1n) is 6.98. The van der Waals surface area contributed by atoms with Gasteiger partial charge in [0.25, 0.3) is 0 Å². The number of carbonyl (C=O) groups is 2. The molecular formula is C15H20ClN3O2. The van der Waals surface area contributed by atoms with Gasteiger partial charge in [0.1, 0.15) is 0 Å². The first kappa shape index (κ1) is 15.8. The van der Waals surface area contributed by atoms with Gasteiger partial charge in [0.15, 0.2) is 0 Å². The topological polar surface area (TPSA) is 61.4 Å². The lowest BCUT2D eigenvalue weighted by molar-refractivity contribution is -0.123. The molecule has 0 spiro atoms. The molecule has 2 rings (SSSR count). The van der Waals surface area contributed by atoms with E-state index in [-0.39, 0.29) is 24.9 Å². The van der Waals surface area contributed by atoms with Crippen LogP contribution in [0, 0.1) is 6.92 Å². The average molecular weight is 310 g/mol. The highest BCUT2D eigenvalue weighted by atomic mass is 35.5. The molecule has 6 heteroatoms. The minimum absolute atomic E-state index is 0.0354. The number of amides is 2. The maximum absolute atomic E-state index is 12.0. The highest BCUT2D eigenvalue weighted by Gasteiger charge is 2.23. The van der Waals surface area contributed by atoms with Crippen molar-refractivity contribution < 1.29 is 9.59 Å². The zero-order chi connectivity index (χ0) is 15.4. The van der Waals surface area contributed by atoms with Crippen LogP contribution < -0.4 is 10.6 Å². The molecule has 0 radical (unpaired) electrons. The van der Waals surface area contributed by atoms with Crippen LogP contribution in [0.5, 0.6) is 0 Å². The van der Waals surface area contributed by atoms with Gasteiger partial charge in [-0.3, -0.25) is 14.5 Å². The Morgan fingerprint density at radius 3 is 2.62 bits per heavy atom. The zero-order valence-corrected chi connectivity index (χ0v) is 13.0. The predicted molar refractivity (Wildman–Crippen MR) is 83.5 cm³/mol. The Kier molecular flexibility index (Phi) is 5.20. The fraction of sp³-hybridized carbons (Fsp3) is 0.467. The van der Waals surface area contributed by atoms with Crippen LogP contribution in [-0.2, 0) is 9.59 Å². The van der Waals surface area contributed by atoms with Crippen LogP contribution in [0.2, 0.25) is 5.02 Å². The van der Waals surface area contributed by atoms with E-state index in [1.807, 2.05) is 6.92 Å².